The van der Waals surface area contributed by atoms with E-state index in [1.165, 1.54) is 0 Å². The van der Waals surface area contributed by atoms with Crippen molar-refractivity contribution in [3.8, 4) is 6.01 Å². The van der Waals surface area contributed by atoms with Gasteiger partial charge in [0, 0.05) is 36.2 Å². The van der Waals surface area contributed by atoms with E-state index in [1.54, 1.807) is 45.0 Å². The Bertz CT molecular complexity index is 1570. The molecule has 266 valence electrons. The molecule has 12 nitrogen and oxygen atoms in total. The van der Waals surface area contributed by atoms with Crippen LogP contribution in [-0.4, -0.2) is 70.1 Å². The van der Waals surface area contributed by atoms with Crippen LogP contribution in [0.3, 0.4) is 0 Å². The summed E-state index contributed by atoms with van der Waals surface area (Å²) in [6.07, 6.45) is -1.85. The van der Waals surface area contributed by atoms with Crippen LogP contribution in [-0.2, 0) is 9.47 Å². The summed E-state index contributed by atoms with van der Waals surface area (Å²) in [6, 6.07) is 13.4. The molecule has 0 aliphatic heterocycles. The van der Waals surface area contributed by atoms with Crippen LogP contribution in [0.1, 0.15) is 77.6 Å². The summed E-state index contributed by atoms with van der Waals surface area (Å²) in [5.74, 6) is -0.406. The zero-order chi connectivity index (χ0) is 35.8. The van der Waals surface area contributed by atoms with Gasteiger partial charge in [0.1, 0.15) is 11.2 Å². The molecule has 49 heavy (non-hydrogen) atoms. The summed E-state index contributed by atoms with van der Waals surface area (Å²) in [4.78, 5) is 39.0. The summed E-state index contributed by atoms with van der Waals surface area (Å²) in [5.41, 5.74) is 1.16. The van der Waals surface area contributed by atoms with Crippen molar-refractivity contribution in [3.63, 3.8) is 0 Å². The smallest absolute Gasteiger partial charge is 0.422 e. The van der Waals surface area contributed by atoms with Crippen LogP contribution in [0, 0.1) is 0 Å². The van der Waals surface area contributed by atoms with Gasteiger partial charge in [0.15, 0.2) is 6.61 Å². The number of nitrogens with zero attached hydrogens (tertiary/aromatic N) is 4. The third kappa shape index (κ3) is 13.0. The summed E-state index contributed by atoms with van der Waals surface area (Å²) in [5, 5.41) is 9.11. The lowest BCUT2D eigenvalue weighted by Crippen LogP contribution is -2.33. The lowest BCUT2D eigenvalue weighted by atomic mass is 10.1. The van der Waals surface area contributed by atoms with E-state index >= 15 is 0 Å². The van der Waals surface area contributed by atoms with Gasteiger partial charge in [-0.2, -0.15) is 28.1 Å². The van der Waals surface area contributed by atoms with Crippen molar-refractivity contribution >= 4 is 41.0 Å². The molecule has 1 saturated carbocycles. The number of alkyl halides is 3. The largest absolute Gasteiger partial charge is 0.456 e. The average molecular weight is 688 g/mol. The number of anilines is 5. The quantitative estimate of drug-likeness (QED) is 0.114. The van der Waals surface area contributed by atoms with Gasteiger partial charge in [-0.05, 0) is 110 Å². The minimum absolute atomic E-state index is 0.0213. The molecule has 15 heteroatoms. The third-order valence-electron chi connectivity index (χ3n) is 6.60. The maximum absolute atomic E-state index is 13.1. The highest BCUT2D eigenvalue weighted by molar-refractivity contribution is 5.90. The Morgan fingerprint density at radius 3 is 2.16 bits per heavy atom. The number of esters is 1. The Balaban J connectivity index is 1.48. The van der Waals surface area contributed by atoms with Gasteiger partial charge in [-0.1, -0.05) is 6.07 Å². The SMILES string of the molecule is CC(C)(C)OC(=O)NCCCCNc1cccc(N(c2nc(Nc3ccc(C(=O)OC(C)(C)C)cc3)nc(OCC(F)(F)F)n2)C2CC2)c1. The van der Waals surface area contributed by atoms with E-state index in [9.17, 15) is 22.8 Å². The van der Waals surface area contributed by atoms with Gasteiger partial charge >= 0.3 is 24.2 Å². The normalized spacial score (nSPS) is 13.3. The zero-order valence-electron chi connectivity index (χ0n) is 28.6. The minimum atomic E-state index is -4.60. The second-order valence-corrected chi connectivity index (χ2v) is 13.6. The van der Waals surface area contributed by atoms with E-state index in [2.05, 4.69) is 30.9 Å². The number of aromatic nitrogens is 3. The monoisotopic (exact) mass is 687 g/mol. The topological polar surface area (TPSA) is 140 Å². The summed E-state index contributed by atoms with van der Waals surface area (Å²) in [6.45, 7) is 10.3. The van der Waals surface area contributed by atoms with Crippen molar-refractivity contribution in [2.75, 3.05) is 35.2 Å². The summed E-state index contributed by atoms with van der Waals surface area (Å²) in [7, 11) is 0. The molecular weight excluding hydrogens is 643 g/mol. The first-order chi connectivity index (χ1) is 22.9. The molecule has 1 aromatic heterocycles. The maximum Gasteiger partial charge on any atom is 0.422 e. The van der Waals surface area contributed by atoms with Gasteiger partial charge in [0.25, 0.3) is 0 Å². The molecule has 3 aromatic rings. The molecule has 0 bridgehead atoms. The van der Waals surface area contributed by atoms with Crippen molar-refractivity contribution in [1.29, 1.82) is 0 Å². The molecule has 2 aromatic carbocycles. The fraction of sp³-hybridized carbons (Fsp3) is 0.500. The average Bonchev–Trinajstić information content (AvgIpc) is 3.82. The Morgan fingerprint density at radius 1 is 0.857 bits per heavy atom. The number of amides is 1. The molecule has 0 unspecified atom stereocenters. The second-order valence-electron chi connectivity index (χ2n) is 13.6. The molecule has 3 N–H and O–H groups in total. The Hall–Kier alpha value is -4.82. The Morgan fingerprint density at radius 2 is 1.53 bits per heavy atom. The first-order valence-corrected chi connectivity index (χ1v) is 16.1. The van der Waals surface area contributed by atoms with Crippen LogP contribution in [0.2, 0.25) is 0 Å². The number of hydrogen-bond acceptors (Lipinski definition) is 11. The van der Waals surface area contributed by atoms with Crippen LogP contribution in [0.15, 0.2) is 48.5 Å². The van der Waals surface area contributed by atoms with Crippen molar-refractivity contribution in [2.24, 2.45) is 0 Å². The number of halogens is 3. The van der Waals surface area contributed by atoms with E-state index in [1.807, 2.05) is 49.9 Å². The van der Waals surface area contributed by atoms with Crippen LogP contribution in [0.5, 0.6) is 6.01 Å². The van der Waals surface area contributed by atoms with Crippen molar-refractivity contribution in [2.45, 2.75) is 90.6 Å². The van der Waals surface area contributed by atoms with Gasteiger partial charge in [-0.25, -0.2) is 9.59 Å². The predicted molar refractivity (Wildman–Crippen MR) is 180 cm³/mol. The van der Waals surface area contributed by atoms with E-state index < -0.39 is 42.1 Å². The number of unbranched alkanes of at least 4 members (excludes halogenated alkanes) is 1. The van der Waals surface area contributed by atoms with Gasteiger partial charge < -0.3 is 35.1 Å². The van der Waals surface area contributed by atoms with E-state index in [-0.39, 0.29) is 17.9 Å². The number of nitrogens with one attached hydrogen (secondary N) is 3. The number of hydrogen-bond donors (Lipinski definition) is 3. The number of carbonyl (C=O) groups is 2. The molecular formula is C34H44F3N7O5. The number of ether oxygens (including phenoxy) is 3. The first-order valence-electron chi connectivity index (χ1n) is 16.1. The second kappa shape index (κ2) is 15.6. The summed E-state index contributed by atoms with van der Waals surface area (Å²) >= 11 is 0. The van der Waals surface area contributed by atoms with Crippen LogP contribution < -0.4 is 25.6 Å². The fourth-order valence-corrected chi connectivity index (χ4v) is 4.45. The Kier molecular flexibility index (Phi) is 11.8. The molecule has 4 rings (SSSR count). The fourth-order valence-electron chi connectivity index (χ4n) is 4.45. The Labute approximate surface area is 284 Å². The van der Waals surface area contributed by atoms with Crippen LogP contribution >= 0.6 is 0 Å². The number of alkyl carbamates (subject to hydrolysis) is 1. The standard InChI is InChI=1S/C34H44F3N7O5/c1-32(2,3)48-27(45)22-12-14-23(15-13-22)40-28-41-29(43-30(42-28)47-21-34(35,36)37)44(25-16-17-25)26-11-9-10-24(20-26)38-18-7-8-19-39-31(46)49-33(4,5)6/h9-15,20,25,38H,7-8,16-19,21H2,1-6H3,(H,39,46)(H,40,41,42,43). The molecule has 1 heterocycles. The zero-order valence-corrected chi connectivity index (χ0v) is 28.6. The summed E-state index contributed by atoms with van der Waals surface area (Å²) < 4.78 is 54.8. The third-order valence-corrected chi connectivity index (χ3v) is 6.60. The lowest BCUT2D eigenvalue weighted by molar-refractivity contribution is -0.154. The first kappa shape index (κ1) is 37.0. The highest BCUT2D eigenvalue weighted by atomic mass is 19.4. The molecule has 0 saturated heterocycles. The number of carbonyl (C=O) groups excluding carboxylic acids is 2. The molecule has 1 amide bonds. The van der Waals surface area contributed by atoms with Gasteiger partial charge in [-0.3, -0.25) is 0 Å². The van der Waals surface area contributed by atoms with E-state index in [4.69, 9.17) is 14.2 Å². The van der Waals surface area contributed by atoms with Gasteiger partial charge in [0.2, 0.25) is 11.9 Å². The van der Waals surface area contributed by atoms with Gasteiger partial charge in [0.05, 0.1) is 5.56 Å². The molecule has 0 atom stereocenters. The highest BCUT2D eigenvalue weighted by Gasteiger charge is 2.34. The lowest BCUT2D eigenvalue weighted by Gasteiger charge is -2.24. The van der Waals surface area contributed by atoms with Crippen molar-refractivity contribution in [3.05, 3.63) is 54.1 Å². The predicted octanol–water partition coefficient (Wildman–Crippen LogP) is 7.53. The molecule has 1 fully saturated rings. The van der Waals surface area contributed by atoms with Crippen molar-refractivity contribution < 1.29 is 37.0 Å². The molecule has 1 aliphatic rings. The molecule has 0 spiro atoms. The van der Waals surface area contributed by atoms with Crippen LogP contribution in [0.25, 0.3) is 0 Å². The van der Waals surface area contributed by atoms with E-state index in [0.717, 1.165) is 37.1 Å². The van der Waals surface area contributed by atoms with Crippen molar-refractivity contribution in [1.82, 2.24) is 20.3 Å². The maximum atomic E-state index is 13.1. The van der Waals surface area contributed by atoms with Crippen LogP contribution in [0.4, 0.5) is 46.9 Å². The number of rotatable bonds is 14. The van der Waals surface area contributed by atoms with E-state index in [0.29, 0.717) is 24.3 Å². The molecule has 0 radical (unpaired) electrons. The number of benzene rings is 2. The highest BCUT2D eigenvalue weighted by Crippen LogP contribution is 2.38. The van der Waals surface area contributed by atoms with Gasteiger partial charge in [-0.15, -0.1) is 0 Å². The molecule has 1 aliphatic carbocycles. The minimum Gasteiger partial charge on any atom is -0.456 e.